The molecular formula is C20H21N. The van der Waals surface area contributed by atoms with Gasteiger partial charge in [-0.1, -0.05) is 84.9 Å². The average Bonchev–Trinajstić information content (AvgIpc) is 2.58. The Kier molecular flexibility index (Phi) is 6.66. The molecule has 106 valence electrons. The van der Waals surface area contributed by atoms with Crippen molar-refractivity contribution in [2.24, 2.45) is 0 Å². The van der Waals surface area contributed by atoms with Gasteiger partial charge in [-0.3, -0.25) is 0 Å². The molecule has 0 atom stereocenters. The topological polar surface area (TPSA) is 35.0 Å². The van der Waals surface area contributed by atoms with Crippen molar-refractivity contribution in [2.45, 2.75) is 0 Å². The SMILES string of the molecule is C=C.N.c1ccc(-c2ccccc2-c2ccccc2)cc1. The lowest BCUT2D eigenvalue weighted by Gasteiger charge is -2.09. The van der Waals surface area contributed by atoms with Gasteiger partial charge >= 0.3 is 0 Å². The van der Waals surface area contributed by atoms with Crippen LogP contribution in [0.4, 0.5) is 0 Å². The Bertz CT molecular complexity index is 586. The second-order valence-corrected chi connectivity index (χ2v) is 4.28. The van der Waals surface area contributed by atoms with Crippen LogP contribution in [0.25, 0.3) is 22.3 Å². The Balaban J connectivity index is 0.000000706. The van der Waals surface area contributed by atoms with E-state index in [0.717, 1.165) is 0 Å². The standard InChI is InChI=1S/C18H14.C2H4.H3N/c1-3-9-15(10-4-1)17-13-7-8-14-18(17)16-11-5-2-6-12-16;1-2;/h1-14H;1-2H2;1H3. The van der Waals surface area contributed by atoms with E-state index in [4.69, 9.17) is 0 Å². The second-order valence-electron chi connectivity index (χ2n) is 4.28. The summed E-state index contributed by atoms with van der Waals surface area (Å²) in [5.41, 5.74) is 5.09. The number of hydrogen-bond donors (Lipinski definition) is 1. The van der Waals surface area contributed by atoms with Crippen LogP contribution in [0, 0.1) is 0 Å². The lowest BCUT2D eigenvalue weighted by Crippen LogP contribution is -1.83. The highest BCUT2D eigenvalue weighted by Gasteiger charge is 2.05. The van der Waals surface area contributed by atoms with Crippen LogP contribution in [-0.4, -0.2) is 0 Å². The molecule has 0 spiro atoms. The monoisotopic (exact) mass is 275 g/mol. The van der Waals surface area contributed by atoms with E-state index < -0.39 is 0 Å². The van der Waals surface area contributed by atoms with Crippen LogP contribution in [0.1, 0.15) is 0 Å². The molecule has 3 rings (SSSR count). The third-order valence-corrected chi connectivity index (χ3v) is 3.10. The Morgan fingerprint density at radius 3 is 1.05 bits per heavy atom. The van der Waals surface area contributed by atoms with E-state index in [1.807, 2.05) is 0 Å². The molecule has 0 aliphatic heterocycles. The van der Waals surface area contributed by atoms with Gasteiger partial charge < -0.3 is 6.15 Å². The van der Waals surface area contributed by atoms with Crippen LogP contribution in [0.15, 0.2) is 98.1 Å². The lowest BCUT2D eigenvalue weighted by atomic mass is 9.95. The van der Waals surface area contributed by atoms with Crippen LogP contribution in [-0.2, 0) is 0 Å². The van der Waals surface area contributed by atoms with Crippen molar-refractivity contribution < 1.29 is 0 Å². The van der Waals surface area contributed by atoms with E-state index in [2.05, 4.69) is 98.1 Å². The maximum absolute atomic E-state index is 3.00. The van der Waals surface area contributed by atoms with Crippen LogP contribution in [0.2, 0.25) is 0 Å². The van der Waals surface area contributed by atoms with E-state index in [1.54, 1.807) is 0 Å². The number of benzene rings is 3. The Labute approximate surface area is 127 Å². The first-order valence-corrected chi connectivity index (χ1v) is 6.65. The molecule has 0 amide bonds. The molecule has 0 bridgehead atoms. The summed E-state index contributed by atoms with van der Waals surface area (Å²) in [6.45, 7) is 6.00. The van der Waals surface area contributed by atoms with Gasteiger partial charge in [0.2, 0.25) is 0 Å². The molecule has 21 heavy (non-hydrogen) atoms. The van der Waals surface area contributed by atoms with Gasteiger partial charge in [0.25, 0.3) is 0 Å². The van der Waals surface area contributed by atoms with Crippen molar-refractivity contribution >= 4 is 0 Å². The van der Waals surface area contributed by atoms with Gasteiger partial charge in [0.15, 0.2) is 0 Å². The molecule has 1 nitrogen and oxygen atoms in total. The summed E-state index contributed by atoms with van der Waals surface area (Å²) in [7, 11) is 0. The van der Waals surface area contributed by atoms with Gasteiger partial charge in [-0.05, 0) is 22.3 Å². The van der Waals surface area contributed by atoms with E-state index in [-0.39, 0.29) is 6.15 Å². The van der Waals surface area contributed by atoms with Crippen molar-refractivity contribution in [3.05, 3.63) is 98.1 Å². The molecule has 0 aromatic heterocycles. The summed E-state index contributed by atoms with van der Waals surface area (Å²) in [6, 6.07) is 29.6. The summed E-state index contributed by atoms with van der Waals surface area (Å²) >= 11 is 0. The van der Waals surface area contributed by atoms with Gasteiger partial charge in [-0.15, -0.1) is 13.2 Å². The molecular weight excluding hydrogens is 254 g/mol. The zero-order chi connectivity index (χ0) is 14.2. The van der Waals surface area contributed by atoms with E-state index in [9.17, 15) is 0 Å². The van der Waals surface area contributed by atoms with Crippen molar-refractivity contribution in [3.63, 3.8) is 0 Å². The molecule has 0 aliphatic rings. The third kappa shape index (κ3) is 3.91. The summed E-state index contributed by atoms with van der Waals surface area (Å²) in [5.74, 6) is 0. The molecule has 0 saturated heterocycles. The minimum absolute atomic E-state index is 0. The Morgan fingerprint density at radius 2 is 0.714 bits per heavy atom. The summed E-state index contributed by atoms with van der Waals surface area (Å²) in [5, 5.41) is 0. The summed E-state index contributed by atoms with van der Waals surface area (Å²) in [4.78, 5) is 0. The van der Waals surface area contributed by atoms with Crippen LogP contribution < -0.4 is 6.15 Å². The zero-order valence-electron chi connectivity index (χ0n) is 12.2. The normalized spacial score (nSPS) is 8.95. The largest absolute Gasteiger partial charge is 0.344 e. The minimum Gasteiger partial charge on any atom is -0.344 e. The van der Waals surface area contributed by atoms with Crippen molar-refractivity contribution in [1.82, 2.24) is 6.15 Å². The van der Waals surface area contributed by atoms with Gasteiger partial charge in [0.05, 0.1) is 0 Å². The minimum atomic E-state index is 0. The van der Waals surface area contributed by atoms with Gasteiger partial charge in [0.1, 0.15) is 0 Å². The van der Waals surface area contributed by atoms with Gasteiger partial charge in [-0.2, -0.15) is 0 Å². The van der Waals surface area contributed by atoms with Gasteiger partial charge in [0, 0.05) is 0 Å². The first kappa shape index (κ1) is 16.4. The third-order valence-electron chi connectivity index (χ3n) is 3.10. The fourth-order valence-electron chi connectivity index (χ4n) is 2.22. The molecule has 3 N–H and O–H groups in total. The highest BCUT2D eigenvalue weighted by Crippen LogP contribution is 2.31. The fraction of sp³-hybridized carbons (Fsp3) is 0. The van der Waals surface area contributed by atoms with E-state index >= 15 is 0 Å². The molecule has 1 heteroatoms. The van der Waals surface area contributed by atoms with Crippen LogP contribution >= 0.6 is 0 Å². The molecule has 0 heterocycles. The quantitative estimate of drug-likeness (QED) is 0.573. The summed E-state index contributed by atoms with van der Waals surface area (Å²) < 4.78 is 0. The highest BCUT2D eigenvalue weighted by atomic mass is 14.1. The molecule has 0 unspecified atom stereocenters. The molecule has 3 aromatic rings. The second kappa shape index (κ2) is 8.51. The average molecular weight is 275 g/mol. The number of hydrogen-bond acceptors (Lipinski definition) is 1. The fourth-order valence-corrected chi connectivity index (χ4v) is 2.22. The number of rotatable bonds is 2. The first-order valence-electron chi connectivity index (χ1n) is 6.65. The smallest absolute Gasteiger partial charge is 0.0105 e. The highest BCUT2D eigenvalue weighted by molar-refractivity contribution is 5.83. The molecule has 0 radical (unpaired) electrons. The molecule has 0 saturated carbocycles. The zero-order valence-corrected chi connectivity index (χ0v) is 12.2. The van der Waals surface area contributed by atoms with E-state index in [0.29, 0.717) is 0 Å². The van der Waals surface area contributed by atoms with Crippen LogP contribution in [0.5, 0.6) is 0 Å². The van der Waals surface area contributed by atoms with Crippen molar-refractivity contribution in [1.29, 1.82) is 0 Å². The first-order chi connectivity index (χ1) is 9.95. The summed E-state index contributed by atoms with van der Waals surface area (Å²) in [6.07, 6.45) is 0. The molecule has 0 fully saturated rings. The predicted octanol–water partition coefficient (Wildman–Crippen LogP) is 5.98. The van der Waals surface area contributed by atoms with Crippen molar-refractivity contribution in [3.8, 4) is 22.3 Å². The van der Waals surface area contributed by atoms with Crippen LogP contribution in [0.3, 0.4) is 0 Å². The van der Waals surface area contributed by atoms with Gasteiger partial charge in [-0.25, -0.2) is 0 Å². The maximum Gasteiger partial charge on any atom is -0.0105 e. The molecule has 3 aromatic carbocycles. The predicted molar refractivity (Wildman–Crippen MR) is 93.6 cm³/mol. The van der Waals surface area contributed by atoms with E-state index in [1.165, 1.54) is 22.3 Å². The van der Waals surface area contributed by atoms with Crippen molar-refractivity contribution in [2.75, 3.05) is 0 Å². The Hall–Kier alpha value is -2.64. The maximum atomic E-state index is 3.00. The lowest BCUT2D eigenvalue weighted by molar-refractivity contribution is 1.58. The Morgan fingerprint density at radius 1 is 0.429 bits per heavy atom. The molecule has 0 aliphatic carbocycles.